The first-order valence-electron chi connectivity index (χ1n) is 17.9. The summed E-state index contributed by atoms with van der Waals surface area (Å²) in [5, 5.41) is 43.6. The fraction of sp³-hybridized carbons (Fsp3) is 0.550. The highest BCUT2D eigenvalue weighted by Crippen LogP contribution is 2.59. The second-order valence-electron chi connectivity index (χ2n) is 17.7. The van der Waals surface area contributed by atoms with Crippen LogP contribution in [0.15, 0.2) is 5.76 Å². The number of Topliss-reactive ketones (excluding diaryl/α,β-unsaturated/α-hetero) is 1. The van der Waals surface area contributed by atoms with Crippen molar-refractivity contribution >= 4 is 45.8 Å². The van der Waals surface area contributed by atoms with Gasteiger partial charge >= 0.3 is 0 Å². The number of phenolic OH excluding ortho intramolecular Hbond substituents is 2. The number of ketones is 1. The highest BCUT2D eigenvalue weighted by molar-refractivity contribution is 6.53. The number of phenols is 2. The minimum absolute atomic E-state index is 0.0943. The predicted octanol–water partition coefficient (Wildman–Crippen LogP) is 4.74. The number of carbonyl (C=O) groups excluding carboxylic acids is 3. The van der Waals surface area contributed by atoms with E-state index in [9.17, 15) is 29.7 Å². The smallest absolute Gasteiger partial charge is 0.221 e. The zero-order chi connectivity index (χ0) is 36.6. The van der Waals surface area contributed by atoms with Gasteiger partial charge in [-0.1, -0.05) is 55.4 Å². The van der Waals surface area contributed by atoms with Crippen LogP contribution in [0.25, 0.3) is 11.1 Å². The molecular formula is C40H51N4O6+. The van der Waals surface area contributed by atoms with Crippen molar-refractivity contribution in [1.82, 2.24) is 4.58 Å². The number of aromatic hydroxyl groups is 2. The third-order valence-corrected chi connectivity index (χ3v) is 12.3. The van der Waals surface area contributed by atoms with Gasteiger partial charge in [0.1, 0.15) is 30.3 Å². The number of aliphatic hydroxyl groups is 1. The summed E-state index contributed by atoms with van der Waals surface area (Å²) < 4.78 is 2.26. The molecule has 5 aliphatic rings. The van der Waals surface area contributed by atoms with Gasteiger partial charge in [0.2, 0.25) is 23.0 Å². The summed E-state index contributed by atoms with van der Waals surface area (Å²) >= 11 is 0. The van der Waals surface area contributed by atoms with Crippen molar-refractivity contribution in [3.05, 3.63) is 44.2 Å². The lowest BCUT2D eigenvalue weighted by Crippen LogP contribution is -2.54. The molecule has 2 amide bonds. The Hall–Kier alpha value is -4.34. The Kier molecular flexibility index (Phi) is 7.23. The lowest BCUT2D eigenvalue weighted by atomic mass is 9.66. The molecule has 0 fully saturated rings. The molecule has 0 unspecified atom stereocenters. The van der Waals surface area contributed by atoms with Gasteiger partial charge in [-0.3, -0.25) is 14.4 Å². The lowest BCUT2D eigenvalue weighted by molar-refractivity contribution is -0.115. The Balaban J connectivity index is 1.65. The average Bonchev–Trinajstić information content (AvgIpc) is 2.98. The van der Waals surface area contributed by atoms with Crippen LogP contribution in [-0.2, 0) is 36.0 Å². The van der Waals surface area contributed by atoms with Gasteiger partial charge in [-0.15, -0.1) is 0 Å². The van der Waals surface area contributed by atoms with Crippen molar-refractivity contribution in [3.63, 3.8) is 0 Å². The monoisotopic (exact) mass is 683 g/mol. The third kappa shape index (κ3) is 4.58. The van der Waals surface area contributed by atoms with Crippen LogP contribution in [0.5, 0.6) is 11.5 Å². The van der Waals surface area contributed by atoms with Crippen molar-refractivity contribution in [3.8, 4) is 11.5 Å². The molecule has 0 saturated heterocycles. The summed E-state index contributed by atoms with van der Waals surface area (Å²) in [7, 11) is 0. The van der Waals surface area contributed by atoms with E-state index in [0.717, 1.165) is 74.0 Å². The van der Waals surface area contributed by atoms with E-state index in [-0.39, 0.29) is 45.2 Å². The van der Waals surface area contributed by atoms with E-state index < -0.39 is 33.2 Å². The highest BCUT2D eigenvalue weighted by atomic mass is 16.3. The second kappa shape index (κ2) is 10.6. The number of hydrogen-bond acceptors (Lipinski definition) is 7. The molecule has 7 rings (SSSR count). The number of amides is 2. The van der Waals surface area contributed by atoms with Gasteiger partial charge < -0.3 is 30.9 Å². The van der Waals surface area contributed by atoms with E-state index in [0.29, 0.717) is 22.5 Å². The zero-order valence-corrected chi connectivity index (χ0v) is 31.1. The van der Waals surface area contributed by atoms with Crippen molar-refractivity contribution in [2.45, 2.75) is 117 Å². The Morgan fingerprint density at radius 3 is 1.70 bits per heavy atom. The number of nitrogens with zero attached hydrogens (tertiary/aromatic N) is 2. The van der Waals surface area contributed by atoms with Crippen molar-refractivity contribution in [2.24, 2.45) is 0 Å². The van der Waals surface area contributed by atoms with Gasteiger partial charge in [-0.05, 0) is 23.7 Å². The van der Waals surface area contributed by atoms with E-state index in [1.807, 2.05) is 0 Å². The summed E-state index contributed by atoms with van der Waals surface area (Å²) in [6.45, 7) is 22.6. The van der Waals surface area contributed by atoms with Gasteiger partial charge in [0, 0.05) is 61.7 Å². The van der Waals surface area contributed by atoms with E-state index in [4.69, 9.17) is 0 Å². The number of benzene rings is 2. The molecule has 10 heteroatoms. The Labute approximate surface area is 293 Å². The van der Waals surface area contributed by atoms with Gasteiger partial charge in [0.05, 0.1) is 50.1 Å². The summed E-state index contributed by atoms with van der Waals surface area (Å²) in [5.74, 6) is -1.99. The molecule has 0 aromatic heterocycles. The van der Waals surface area contributed by atoms with Crippen LogP contribution >= 0.6 is 0 Å². The van der Waals surface area contributed by atoms with Crippen LogP contribution in [0.3, 0.4) is 0 Å². The van der Waals surface area contributed by atoms with Crippen molar-refractivity contribution < 1.29 is 29.7 Å². The average molecular weight is 684 g/mol. The van der Waals surface area contributed by atoms with Crippen LogP contribution in [-0.4, -0.2) is 59.1 Å². The first-order chi connectivity index (χ1) is 23.1. The Bertz CT molecular complexity index is 2130. The number of hydrogen-bond donors (Lipinski definition) is 5. The molecule has 0 spiro atoms. The largest absolute Gasteiger partial charge is 0.507 e. The van der Waals surface area contributed by atoms with Gasteiger partial charge in [-0.2, -0.15) is 0 Å². The number of anilines is 3. The fourth-order valence-corrected chi connectivity index (χ4v) is 9.46. The fourth-order valence-electron chi connectivity index (χ4n) is 9.46. The molecule has 0 radical (unpaired) electrons. The van der Waals surface area contributed by atoms with E-state index in [2.05, 4.69) is 75.5 Å². The maximum absolute atomic E-state index is 14.8. The Morgan fingerprint density at radius 2 is 1.16 bits per heavy atom. The molecule has 4 heterocycles. The maximum atomic E-state index is 14.8. The second-order valence-corrected chi connectivity index (χ2v) is 17.7. The summed E-state index contributed by atoms with van der Waals surface area (Å²) in [5.41, 5.74) is 2.67. The number of carbonyl (C=O) groups is 3. The van der Waals surface area contributed by atoms with Crippen molar-refractivity contribution in [2.75, 3.05) is 41.7 Å². The number of rotatable bonds is 3. The minimum Gasteiger partial charge on any atom is -0.507 e. The summed E-state index contributed by atoms with van der Waals surface area (Å²) in [6, 6.07) is 0. The molecule has 266 valence electrons. The van der Waals surface area contributed by atoms with Crippen LogP contribution < -0.4 is 30.7 Å². The number of aliphatic hydroxyl groups excluding tert-OH is 1. The van der Waals surface area contributed by atoms with Gasteiger partial charge in [-0.25, -0.2) is 4.58 Å². The maximum Gasteiger partial charge on any atom is 0.221 e. The quantitative estimate of drug-likeness (QED) is 0.295. The molecule has 4 aliphatic heterocycles. The van der Waals surface area contributed by atoms with Crippen molar-refractivity contribution in [1.29, 1.82) is 0 Å². The van der Waals surface area contributed by atoms with Gasteiger partial charge in [0.25, 0.3) is 0 Å². The molecule has 10 nitrogen and oxygen atoms in total. The predicted molar refractivity (Wildman–Crippen MR) is 196 cm³/mol. The van der Waals surface area contributed by atoms with E-state index in [1.165, 1.54) is 13.8 Å². The summed E-state index contributed by atoms with van der Waals surface area (Å²) in [6.07, 6.45) is 3.14. The number of allylic oxidation sites excluding steroid dienone is 2. The Morgan fingerprint density at radius 1 is 0.660 bits per heavy atom. The first-order valence-corrected chi connectivity index (χ1v) is 17.9. The molecule has 50 heavy (non-hydrogen) atoms. The lowest BCUT2D eigenvalue weighted by Gasteiger charge is -2.49. The van der Waals surface area contributed by atoms with E-state index >= 15 is 0 Å². The molecule has 0 atom stereocenters. The van der Waals surface area contributed by atoms with Crippen LogP contribution in [0, 0.1) is 0 Å². The minimum atomic E-state index is -0.580. The molecule has 2 aromatic carbocycles. The highest BCUT2D eigenvalue weighted by Gasteiger charge is 2.50. The number of nitrogens with one attached hydrogen (secondary N) is 2. The molecule has 1 aliphatic carbocycles. The third-order valence-electron chi connectivity index (χ3n) is 12.3. The van der Waals surface area contributed by atoms with Crippen LogP contribution in [0.1, 0.15) is 123 Å². The van der Waals surface area contributed by atoms with E-state index in [1.54, 1.807) is 0 Å². The van der Waals surface area contributed by atoms with Crippen LogP contribution in [0.2, 0.25) is 0 Å². The topological polar surface area (TPSA) is 142 Å². The standard InChI is InChI=1S/C40H50N4O6/c1-19(45)41-29-21(35(49)27-31-25(29)37(3,4)11-15-43(31)17-13-39(27,7)8)23-33(47)24(34(23)48)22-30(42-20(2)46)26-32-28(36(22)50)40(9,10)14-18-44(32)16-12-38(26,5)6/h11-18H2,1-10H3,(H4,41,42,45,46,47,48,49,50)/p+1. The molecule has 0 bridgehead atoms. The summed E-state index contributed by atoms with van der Waals surface area (Å²) in [4.78, 5) is 42.7. The molecule has 0 saturated carbocycles. The normalized spacial score (nSPS) is 23.1. The first kappa shape index (κ1) is 34.1. The van der Waals surface area contributed by atoms with Crippen LogP contribution in [0.4, 0.5) is 17.1 Å². The SMILES string of the molecule is CC(=O)Nc1c(C2=C(O)/C(=c3/c(O)c4c5c(c3NC(C)=O)C(C)(C)CC[N+]=5CCC4(C)C)C2=O)c(O)c2c3c1C(C)(C)CCN3CCC2(C)C. The molecular weight excluding hydrogens is 632 g/mol. The van der Waals surface area contributed by atoms with Gasteiger partial charge in [0.15, 0.2) is 0 Å². The molecule has 5 N–H and O–H groups in total. The molecule has 2 aromatic rings. The zero-order valence-electron chi connectivity index (χ0n) is 31.1.